The van der Waals surface area contributed by atoms with Gasteiger partial charge in [0.05, 0.1) is 35.3 Å². The molecule has 3 N–H and O–H groups in total. The van der Waals surface area contributed by atoms with Gasteiger partial charge in [0, 0.05) is 12.7 Å². The molecule has 0 saturated carbocycles. The first-order valence-corrected chi connectivity index (χ1v) is 8.87. The first-order chi connectivity index (χ1) is 12.4. The molecule has 1 aromatic rings. The molecule has 2 rings (SSSR count). The number of nitrogens with two attached hydrogens (primary N) is 1. The van der Waals surface area contributed by atoms with Crippen LogP contribution in [0.1, 0.15) is 13.3 Å². The third-order valence-electron chi connectivity index (χ3n) is 3.34. The highest BCUT2D eigenvalue weighted by atomic mass is 79.9. The second-order valence-electron chi connectivity index (χ2n) is 5.34. The summed E-state index contributed by atoms with van der Waals surface area (Å²) in [5.74, 6) is 0.285. The van der Waals surface area contributed by atoms with E-state index < -0.39 is 4.92 Å². The van der Waals surface area contributed by atoms with Crippen LogP contribution in [0.25, 0.3) is 0 Å². The molecule has 1 aromatic heterocycles. The molecule has 0 radical (unpaired) electrons. The van der Waals surface area contributed by atoms with E-state index in [4.69, 9.17) is 26.8 Å². The average Bonchev–Trinajstić information content (AvgIpc) is 2.53. The molecule has 0 aliphatic carbocycles. The maximum Gasteiger partial charge on any atom is 0.348 e. The Morgan fingerprint density at radius 2 is 2.38 bits per heavy atom. The summed E-state index contributed by atoms with van der Waals surface area (Å²) in [5, 5.41) is 14.4. The molecule has 1 fully saturated rings. The Balaban J connectivity index is 1.85. The van der Waals surface area contributed by atoms with Crippen molar-refractivity contribution in [3.63, 3.8) is 0 Å². The molecule has 10 nitrogen and oxygen atoms in total. The molecule has 0 bridgehead atoms. The van der Waals surface area contributed by atoms with Crippen LogP contribution in [0, 0.1) is 10.1 Å². The van der Waals surface area contributed by atoms with Crippen molar-refractivity contribution in [1.29, 1.82) is 0 Å². The maximum atomic E-state index is 11.2. The Kier molecular flexibility index (Phi) is 7.54. The Hall–Kier alpha value is -1.98. The van der Waals surface area contributed by atoms with Crippen molar-refractivity contribution in [3.8, 4) is 0 Å². The minimum Gasteiger partial charge on any atom is -0.474 e. The summed E-state index contributed by atoms with van der Waals surface area (Å²) in [4.78, 5) is 22.7. The lowest BCUT2D eigenvalue weighted by Gasteiger charge is -2.22. The van der Waals surface area contributed by atoms with Gasteiger partial charge >= 0.3 is 5.70 Å². The molecule has 1 aliphatic heterocycles. The summed E-state index contributed by atoms with van der Waals surface area (Å²) in [6.45, 7) is 3.13. The quantitative estimate of drug-likeness (QED) is 0.146. The van der Waals surface area contributed by atoms with Gasteiger partial charge in [-0.3, -0.25) is 15.1 Å². The number of nitrogens with one attached hydrogen (secondary N) is 1. The van der Waals surface area contributed by atoms with E-state index in [1.54, 1.807) is 0 Å². The molecule has 1 aliphatic rings. The number of halogens is 2. The van der Waals surface area contributed by atoms with E-state index in [9.17, 15) is 10.1 Å². The topological polar surface area (TPSA) is 138 Å². The molecule has 0 aromatic carbocycles. The van der Waals surface area contributed by atoms with Crippen LogP contribution in [0.2, 0.25) is 5.28 Å². The average molecular weight is 450 g/mol. The van der Waals surface area contributed by atoms with Gasteiger partial charge in [-0.1, -0.05) is 0 Å². The lowest BCUT2D eigenvalue weighted by molar-refractivity contribution is -0.418. The van der Waals surface area contributed by atoms with Crippen LogP contribution in [0.4, 0.5) is 5.82 Å². The number of hydrogen-bond acceptors (Lipinski definition) is 9. The number of hydrogen-bond donors (Lipinski definition) is 2. The summed E-state index contributed by atoms with van der Waals surface area (Å²) in [7, 11) is 0. The van der Waals surface area contributed by atoms with Gasteiger partial charge in [0.25, 0.3) is 5.88 Å². The zero-order valence-corrected chi connectivity index (χ0v) is 16.3. The number of nitrogens with zero attached hydrogens (tertiary/aromatic N) is 4. The van der Waals surface area contributed by atoms with Gasteiger partial charge in [0.1, 0.15) is 11.5 Å². The van der Waals surface area contributed by atoms with E-state index in [0.717, 1.165) is 0 Å². The van der Waals surface area contributed by atoms with Gasteiger partial charge < -0.3 is 20.5 Å². The van der Waals surface area contributed by atoms with E-state index in [0.29, 0.717) is 36.5 Å². The number of nitro groups is 1. The molecule has 0 spiro atoms. The van der Waals surface area contributed by atoms with Crippen molar-refractivity contribution in [1.82, 2.24) is 9.97 Å². The molecular formula is C14H18BrClN6O4. The Bertz CT molecular complexity index is 725. The smallest absolute Gasteiger partial charge is 0.348 e. The largest absolute Gasteiger partial charge is 0.474 e. The fraction of sp³-hybridized carbons (Fsp3) is 0.500. The van der Waals surface area contributed by atoms with E-state index in [-0.39, 0.29) is 35.2 Å². The number of aliphatic imine (C=N–C) groups is 1. The molecular weight excluding hydrogens is 432 g/mol. The van der Waals surface area contributed by atoms with Gasteiger partial charge in [-0.15, -0.1) is 0 Å². The van der Waals surface area contributed by atoms with E-state index in [2.05, 4.69) is 36.2 Å². The van der Waals surface area contributed by atoms with Crippen molar-refractivity contribution in [2.75, 3.05) is 31.7 Å². The fourth-order valence-electron chi connectivity index (χ4n) is 2.03. The zero-order valence-electron chi connectivity index (χ0n) is 13.9. The van der Waals surface area contributed by atoms with Gasteiger partial charge in [0.15, 0.2) is 0 Å². The van der Waals surface area contributed by atoms with Crippen molar-refractivity contribution in [2.45, 2.75) is 19.4 Å². The van der Waals surface area contributed by atoms with Crippen LogP contribution in [-0.4, -0.2) is 53.0 Å². The predicted octanol–water partition coefficient (Wildman–Crippen LogP) is 1.98. The van der Waals surface area contributed by atoms with Crippen molar-refractivity contribution < 1.29 is 14.4 Å². The fourth-order valence-corrected chi connectivity index (χ4v) is 2.50. The van der Waals surface area contributed by atoms with Crippen LogP contribution in [0.15, 0.2) is 27.2 Å². The summed E-state index contributed by atoms with van der Waals surface area (Å²) in [5.41, 5.74) is 5.63. The van der Waals surface area contributed by atoms with Crippen molar-refractivity contribution in [2.24, 2.45) is 10.7 Å². The number of aromatic nitrogens is 2. The molecule has 0 atom stereocenters. The predicted molar refractivity (Wildman–Crippen MR) is 99.7 cm³/mol. The van der Waals surface area contributed by atoms with Crippen molar-refractivity contribution >= 4 is 39.1 Å². The number of ether oxygens (including phenoxy) is 2. The molecule has 2 heterocycles. The highest BCUT2D eigenvalue weighted by Gasteiger charge is 2.25. The van der Waals surface area contributed by atoms with Crippen LogP contribution < -0.4 is 11.1 Å². The van der Waals surface area contributed by atoms with Gasteiger partial charge in [-0.05, 0) is 40.9 Å². The summed E-state index contributed by atoms with van der Waals surface area (Å²) < 4.78 is 11.0. The molecule has 142 valence electrons. The second kappa shape index (κ2) is 9.64. The van der Waals surface area contributed by atoms with Crippen molar-refractivity contribution in [3.05, 3.63) is 37.6 Å². The van der Waals surface area contributed by atoms with Crippen LogP contribution in [0.5, 0.6) is 0 Å². The SMILES string of the molecule is CC(=NC1COC1)C(=C(N)OCCCNc1nc(Cl)ncc1Br)[N+](=O)[O-]. The van der Waals surface area contributed by atoms with Gasteiger partial charge in [0.2, 0.25) is 5.28 Å². The second-order valence-corrected chi connectivity index (χ2v) is 6.53. The summed E-state index contributed by atoms with van der Waals surface area (Å²) in [6, 6.07) is -0.0694. The van der Waals surface area contributed by atoms with Gasteiger partial charge in [-0.25, -0.2) is 4.98 Å². The van der Waals surface area contributed by atoms with Gasteiger partial charge in [-0.2, -0.15) is 4.98 Å². The summed E-state index contributed by atoms with van der Waals surface area (Å²) in [6.07, 6.45) is 2.07. The summed E-state index contributed by atoms with van der Waals surface area (Å²) >= 11 is 9.03. The number of rotatable bonds is 9. The first-order valence-electron chi connectivity index (χ1n) is 7.70. The molecule has 26 heavy (non-hydrogen) atoms. The molecule has 12 heteroatoms. The zero-order chi connectivity index (χ0) is 19.1. The molecule has 0 unspecified atom stereocenters. The highest BCUT2D eigenvalue weighted by Crippen LogP contribution is 2.20. The normalized spacial score (nSPS) is 15.9. The molecule has 0 amide bonds. The van der Waals surface area contributed by atoms with E-state index in [1.807, 2.05) is 0 Å². The van der Waals surface area contributed by atoms with Crippen LogP contribution in [-0.2, 0) is 9.47 Å². The third-order valence-corrected chi connectivity index (χ3v) is 4.10. The van der Waals surface area contributed by atoms with Crippen LogP contribution >= 0.6 is 27.5 Å². The minimum atomic E-state index is -0.591. The monoisotopic (exact) mass is 448 g/mol. The number of anilines is 1. The standard InChI is InChI=1S/C14H18BrClN6O4/c1-8(20-9-6-25-7-9)11(22(23)24)12(17)26-4-2-3-18-13-10(15)5-19-14(16)21-13/h5,9H,2-4,6-7,17H2,1H3,(H,18,19,21). The van der Waals surface area contributed by atoms with E-state index in [1.165, 1.54) is 13.1 Å². The Morgan fingerprint density at radius 1 is 1.65 bits per heavy atom. The highest BCUT2D eigenvalue weighted by molar-refractivity contribution is 9.10. The Morgan fingerprint density at radius 3 is 3.00 bits per heavy atom. The molecule has 1 saturated heterocycles. The number of allylic oxidation sites excluding steroid dienone is 1. The first kappa shape index (κ1) is 20.3. The lowest BCUT2D eigenvalue weighted by atomic mass is 10.2. The van der Waals surface area contributed by atoms with E-state index >= 15 is 0 Å². The lowest BCUT2D eigenvalue weighted by Crippen LogP contribution is -2.33. The Labute approximate surface area is 163 Å². The minimum absolute atomic E-state index is 0.0694. The third kappa shape index (κ3) is 5.78. The maximum absolute atomic E-state index is 11.2. The van der Waals surface area contributed by atoms with Crippen LogP contribution in [0.3, 0.4) is 0 Å².